The van der Waals surface area contributed by atoms with Crippen molar-refractivity contribution in [2.75, 3.05) is 26.3 Å². The third-order valence-corrected chi connectivity index (χ3v) is 7.69. The number of nitrogens with zero attached hydrogens (tertiary/aromatic N) is 2. The molecule has 0 aromatic heterocycles. The van der Waals surface area contributed by atoms with Crippen molar-refractivity contribution in [3.8, 4) is 0 Å². The van der Waals surface area contributed by atoms with E-state index in [1.165, 1.54) is 9.21 Å². The van der Waals surface area contributed by atoms with Crippen molar-refractivity contribution in [1.29, 1.82) is 0 Å². The first-order valence-electron chi connectivity index (χ1n) is 9.73. The minimum absolute atomic E-state index is 0.0683. The molecule has 1 aliphatic carbocycles. The zero-order chi connectivity index (χ0) is 19.8. The Morgan fingerprint density at radius 1 is 1.07 bits per heavy atom. The average Bonchev–Trinajstić information content (AvgIpc) is 2.93. The van der Waals surface area contributed by atoms with Crippen LogP contribution >= 0.6 is 0 Å². The number of hydrogen-bond acceptors (Lipinski definition) is 5. The molecule has 28 heavy (non-hydrogen) atoms. The fourth-order valence-corrected chi connectivity index (χ4v) is 5.72. The summed E-state index contributed by atoms with van der Waals surface area (Å²) < 4.78 is 32.3. The van der Waals surface area contributed by atoms with E-state index in [2.05, 4.69) is 5.32 Å². The summed E-state index contributed by atoms with van der Waals surface area (Å²) in [6.07, 6.45) is 4.26. The lowest BCUT2D eigenvalue weighted by Crippen LogP contribution is -2.48. The first-order chi connectivity index (χ1) is 13.4. The van der Waals surface area contributed by atoms with Crippen LogP contribution in [0.5, 0.6) is 0 Å². The van der Waals surface area contributed by atoms with Crippen molar-refractivity contribution in [2.24, 2.45) is 0 Å². The Hall–Kier alpha value is -1.97. The minimum Gasteiger partial charge on any atom is -0.379 e. The molecule has 2 aliphatic heterocycles. The summed E-state index contributed by atoms with van der Waals surface area (Å²) in [6, 6.07) is 6.09. The van der Waals surface area contributed by atoms with E-state index in [1.54, 1.807) is 24.3 Å². The third-order valence-electron chi connectivity index (χ3n) is 5.80. The molecule has 3 fully saturated rings. The second-order valence-corrected chi connectivity index (χ2v) is 9.57. The van der Waals surface area contributed by atoms with Gasteiger partial charge in [-0.05, 0) is 30.5 Å². The summed E-state index contributed by atoms with van der Waals surface area (Å²) in [7, 11) is -3.62. The highest BCUT2D eigenvalue weighted by Gasteiger charge is 2.51. The van der Waals surface area contributed by atoms with Gasteiger partial charge >= 0.3 is 6.03 Å². The molecule has 2 heterocycles. The maximum absolute atomic E-state index is 12.9. The van der Waals surface area contributed by atoms with Crippen LogP contribution in [0.15, 0.2) is 29.2 Å². The predicted molar refractivity (Wildman–Crippen MR) is 101 cm³/mol. The largest absolute Gasteiger partial charge is 0.379 e. The Morgan fingerprint density at radius 2 is 1.79 bits per heavy atom. The van der Waals surface area contributed by atoms with Crippen LogP contribution in [-0.4, -0.2) is 61.4 Å². The lowest BCUT2D eigenvalue weighted by Gasteiger charge is -2.30. The van der Waals surface area contributed by atoms with Crippen molar-refractivity contribution in [2.45, 2.75) is 49.1 Å². The minimum atomic E-state index is -3.62. The monoisotopic (exact) mass is 407 g/mol. The van der Waals surface area contributed by atoms with Crippen molar-refractivity contribution in [3.63, 3.8) is 0 Å². The first kappa shape index (κ1) is 19.4. The van der Waals surface area contributed by atoms with Gasteiger partial charge in [-0.2, -0.15) is 4.31 Å². The maximum Gasteiger partial charge on any atom is 0.325 e. The van der Waals surface area contributed by atoms with Gasteiger partial charge in [-0.3, -0.25) is 9.69 Å². The molecule has 1 N–H and O–H groups in total. The summed E-state index contributed by atoms with van der Waals surface area (Å²) in [5, 5.41) is 2.88. The number of hydrogen-bond donors (Lipinski definition) is 1. The average molecular weight is 407 g/mol. The van der Waals surface area contributed by atoms with Crippen LogP contribution < -0.4 is 5.32 Å². The molecule has 2 saturated heterocycles. The lowest BCUT2D eigenvalue weighted by atomic mass is 9.82. The molecule has 1 aromatic rings. The van der Waals surface area contributed by atoms with E-state index in [4.69, 9.17) is 4.74 Å². The van der Waals surface area contributed by atoms with Gasteiger partial charge in [0.15, 0.2) is 0 Å². The standard InChI is InChI=1S/C19H25N3O5S/c23-17-19(7-2-1-3-8-19)20-18(24)22(17)14-15-5-4-6-16(13-15)28(25,26)21-9-11-27-12-10-21/h4-6,13H,1-3,7-12,14H2,(H,20,24). The van der Waals surface area contributed by atoms with Gasteiger partial charge in [-0.25, -0.2) is 13.2 Å². The Kier molecular flexibility index (Phi) is 5.15. The third kappa shape index (κ3) is 3.42. The van der Waals surface area contributed by atoms with Crippen molar-refractivity contribution < 1.29 is 22.7 Å². The van der Waals surface area contributed by atoms with Gasteiger partial charge in [-0.1, -0.05) is 31.4 Å². The van der Waals surface area contributed by atoms with Gasteiger partial charge in [0.2, 0.25) is 10.0 Å². The number of nitrogens with one attached hydrogen (secondary N) is 1. The number of carbonyl (C=O) groups excluding carboxylic acids is 2. The van der Waals surface area contributed by atoms with Crippen LogP contribution in [0.2, 0.25) is 0 Å². The zero-order valence-corrected chi connectivity index (χ0v) is 16.5. The molecule has 152 valence electrons. The molecule has 1 aromatic carbocycles. The summed E-state index contributed by atoms with van der Waals surface area (Å²) in [5.41, 5.74) is -0.155. The number of benzene rings is 1. The highest BCUT2D eigenvalue weighted by atomic mass is 32.2. The number of carbonyl (C=O) groups is 2. The van der Waals surface area contributed by atoms with Gasteiger partial charge in [0.1, 0.15) is 5.54 Å². The van der Waals surface area contributed by atoms with Gasteiger partial charge < -0.3 is 10.1 Å². The normalized spacial score (nSPS) is 23.2. The van der Waals surface area contributed by atoms with E-state index in [1.807, 2.05) is 0 Å². The molecular formula is C19H25N3O5S. The van der Waals surface area contributed by atoms with Gasteiger partial charge in [-0.15, -0.1) is 0 Å². The Morgan fingerprint density at radius 3 is 2.50 bits per heavy atom. The molecule has 3 amide bonds. The smallest absolute Gasteiger partial charge is 0.325 e. The van der Waals surface area contributed by atoms with Crippen molar-refractivity contribution in [1.82, 2.24) is 14.5 Å². The van der Waals surface area contributed by atoms with E-state index < -0.39 is 21.6 Å². The Bertz CT molecular complexity index is 873. The molecule has 4 rings (SSSR count). The predicted octanol–water partition coefficient (Wildman–Crippen LogP) is 1.46. The van der Waals surface area contributed by atoms with Crippen molar-refractivity contribution >= 4 is 22.0 Å². The molecule has 1 spiro atoms. The van der Waals surface area contributed by atoms with E-state index >= 15 is 0 Å². The SMILES string of the molecule is O=C1NC2(CCCCC2)C(=O)N1Cc1cccc(S(=O)(=O)N2CCOCC2)c1. The molecule has 8 nitrogen and oxygen atoms in total. The quantitative estimate of drug-likeness (QED) is 0.763. The van der Waals surface area contributed by atoms with E-state index in [-0.39, 0.29) is 17.3 Å². The van der Waals surface area contributed by atoms with E-state index in [0.29, 0.717) is 44.7 Å². The number of sulfonamides is 1. The van der Waals surface area contributed by atoms with Crippen molar-refractivity contribution in [3.05, 3.63) is 29.8 Å². The molecule has 0 atom stereocenters. The molecule has 0 radical (unpaired) electrons. The lowest BCUT2D eigenvalue weighted by molar-refractivity contribution is -0.132. The van der Waals surface area contributed by atoms with E-state index in [0.717, 1.165) is 19.3 Å². The van der Waals surface area contributed by atoms with Crippen LogP contribution in [0.25, 0.3) is 0 Å². The number of imide groups is 1. The second-order valence-electron chi connectivity index (χ2n) is 7.63. The fraction of sp³-hybridized carbons (Fsp3) is 0.579. The highest BCUT2D eigenvalue weighted by Crippen LogP contribution is 2.34. The van der Waals surface area contributed by atoms with Crippen LogP contribution in [0.1, 0.15) is 37.7 Å². The number of urea groups is 1. The molecule has 1 saturated carbocycles. The summed E-state index contributed by atoms with van der Waals surface area (Å²) in [6.45, 7) is 1.47. The maximum atomic E-state index is 12.9. The van der Waals surface area contributed by atoms with Gasteiger partial charge in [0.05, 0.1) is 24.7 Å². The van der Waals surface area contributed by atoms with Crippen LogP contribution in [-0.2, 0) is 26.1 Å². The zero-order valence-electron chi connectivity index (χ0n) is 15.7. The molecule has 0 unspecified atom stereocenters. The number of rotatable bonds is 4. The number of morpholine rings is 1. The molecular weight excluding hydrogens is 382 g/mol. The van der Waals surface area contributed by atoms with Gasteiger partial charge in [0.25, 0.3) is 5.91 Å². The van der Waals surface area contributed by atoms with Gasteiger partial charge in [0, 0.05) is 13.1 Å². The highest BCUT2D eigenvalue weighted by molar-refractivity contribution is 7.89. The molecule has 0 bridgehead atoms. The number of amides is 3. The topological polar surface area (TPSA) is 96.0 Å². The summed E-state index contributed by atoms with van der Waals surface area (Å²) in [4.78, 5) is 26.8. The first-order valence-corrected chi connectivity index (χ1v) is 11.2. The second kappa shape index (κ2) is 7.46. The molecule has 3 aliphatic rings. The Labute approximate surface area is 164 Å². The fourth-order valence-electron chi connectivity index (χ4n) is 4.24. The van der Waals surface area contributed by atoms with Crippen LogP contribution in [0.3, 0.4) is 0 Å². The van der Waals surface area contributed by atoms with Crippen LogP contribution in [0.4, 0.5) is 4.79 Å². The van der Waals surface area contributed by atoms with E-state index in [9.17, 15) is 18.0 Å². The summed E-state index contributed by atoms with van der Waals surface area (Å²) in [5.74, 6) is -0.196. The number of ether oxygens (including phenoxy) is 1. The van der Waals surface area contributed by atoms with Crippen LogP contribution in [0, 0.1) is 0 Å². The Balaban J connectivity index is 1.54. The molecule has 9 heteroatoms. The summed E-state index contributed by atoms with van der Waals surface area (Å²) >= 11 is 0.